The molecule has 0 bridgehead atoms. The standard InChI is InChI=1S/C22H28N2O6S2/c1-17(7-8-18-5-3-2-4-6-18)23-20(25)16-30-21(26)15-19-9-10-22(31-19)32(27,28)24-11-13-29-14-12-24/h2-6,9-10,17H,7-8,11-16H2,1H3,(H,23,25). The van der Waals surface area contributed by atoms with Gasteiger partial charge < -0.3 is 14.8 Å². The molecule has 1 N–H and O–H groups in total. The third kappa shape index (κ3) is 7.13. The van der Waals surface area contributed by atoms with Gasteiger partial charge in [0, 0.05) is 24.0 Å². The number of nitrogens with zero attached hydrogens (tertiary/aromatic N) is 1. The number of amides is 1. The number of hydrogen-bond donors (Lipinski definition) is 1. The molecule has 1 aromatic heterocycles. The molecular weight excluding hydrogens is 452 g/mol. The largest absolute Gasteiger partial charge is 0.455 e. The summed E-state index contributed by atoms with van der Waals surface area (Å²) in [6.07, 6.45) is 1.54. The summed E-state index contributed by atoms with van der Waals surface area (Å²) in [5, 5.41) is 2.82. The second-order valence-corrected chi connectivity index (χ2v) is 10.9. The van der Waals surface area contributed by atoms with Crippen molar-refractivity contribution in [2.75, 3.05) is 32.9 Å². The van der Waals surface area contributed by atoms with Crippen LogP contribution in [0.2, 0.25) is 0 Å². The monoisotopic (exact) mass is 480 g/mol. The summed E-state index contributed by atoms with van der Waals surface area (Å²) in [5.41, 5.74) is 1.20. The van der Waals surface area contributed by atoms with Crippen LogP contribution in [-0.2, 0) is 41.9 Å². The maximum atomic E-state index is 12.7. The van der Waals surface area contributed by atoms with E-state index in [2.05, 4.69) is 5.32 Å². The highest BCUT2D eigenvalue weighted by Crippen LogP contribution is 2.26. The maximum absolute atomic E-state index is 12.7. The number of carbonyl (C=O) groups excluding carboxylic acids is 2. The van der Waals surface area contributed by atoms with E-state index in [9.17, 15) is 18.0 Å². The molecule has 1 amide bonds. The van der Waals surface area contributed by atoms with E-state index in [-0.39, 0.29) is 29.2 Å². The quantitative estimate of drug-likeness (QED) is 0.522. The summed E-state index contributed by atoms with van der Waals surface area (Å²) in [4.78, 5) is 24.7. The van der Waals surface area contributed by atoms with Crippen molar-refractivity contribution in [3.63, 3.8) is 0 Å². The van der Waals surface area contributed by atoms with E-state index in [0.29, 0.717) is 31.2 Å². The summed E-state index contributed by atoms with van der Waals surface area (Å²) in [5.74, 6) is -0.935. The Hall–Kier alpha value is -2.27. The van der Waals surface area contributed by atoms with Crippen molar-refractivity contribution in [2.45, 2.75) is 36.4 Å². The van der Waals surface area contributed by atoms with Gasteiger partial charge in [-0.05, 0) is 37.5 Å². The lowest BCUT2D eigenvalue weighted by molar-refractivity contribution is -0.148. The molecule has 0 spiro atoms. The Morgan fingerprint density at radius 1 is 1.16 bits per heavy atom. The number of esters is 1. The van der Waals surface area contributed by atoms with E-state index in [0.717, 1.165) is 24.2 Å². The molecule has 0 saturated carbocycles. The van der Waals surface area contributed by atoms with Gasteiger partial charge >= 0.3 is 5.97 Å². The Labute approximate surface area is 192 Å². The van der Waals surface area contributed by atoms with Gasteiger partial charge in [0.15, 0.2) is 6.61 Å². The molecule has 0 aliphatic carbocycles. The molecule has 1 fully saturated rings. The number of sulfonamides is 1. The predicted octanol–water partition coefficient (Wildman–Crippen LogP) is 1.99. The van der Waals surface area contributed by atoms with Crippen LogP contribution in [0.15, 0.2) is 46.7 Å². The molecular formula is C22H28N2O6S2. The average molecular weight is 481 g/mol. The zero-order valence-electron chi connectivity index (χ0n) is 18.0. The molecule has 1 unspecified atom stereocenters. The highest BCUT2D eigenvalue weighted by Gasteiger charge is 2.28. The van der Waals surface area contributed by atoms with Crippen LogP contribution in [0.3, 0.4) is 0 Å². The molecule has 1 aromatic carbocycles. The molecule has 8 nitrogen and oxygen atoms in total. The summed E-state index contributed by atoms with van der Waals surface area (Å²) in [6, 6.07) is 13.1. The van der Waals surface area contributed by atoms with Crippen molar-refractivity contribution >= 4 is 33.2 Å². The van der Waals surface area contributed by atoms with Gasteiger partial charge in [0.05, 0.1) is 19.6 Å². The van der Waals surface area contributed by atoms with Crippen LogP contribution in [0, 0.1) is 0 Å². The van der Waals surface area contributed by atoms with Crippen molar-refractivity contribution in [3.8, 4) is 0 Å². The number of hydrogen-bond acceptors (Lipinski definition) is 7. The summed E-state index contributed by atoms with van der Waals surface area (Å²) in [6.45, 7) is 2.92. The molecule has 2 heterocycles. The van der Waals surface area contributed by atoms with Gasteiger partial charge in [0.1, 0.15) is 4.21 Å². The van der Waals surface area contributed by atoms with Gasteiger partial charge in [0.25, 0.3) is 15.9 Å². The van der Waals surface area contributed by atoms with Crippen LogP contribution >= 0.6 is 11.3 Å². The third-order valence-electron chi connectivity index (χ3n) is 5.00. The van der Waals surface area contributed by atoms with Gasteiger partial charge in [-0.2, -0.15) is 4.31 Å². The average Bonchev–Trinajstić information content (AvgIpc) is 3.27. The van der Waals surface area contributed by atoms with Crippen molar-refractivity contribution in [1.29, 1.82) is 0 Å². The van der Waals surface area contributed by atoms with Crippen LogP contribution < -0.4 is 5.32 Å². The summed E-state index contributed by atoms with van der Waals surface area (Å²) in [7, 11) is -3.59. The first-order chi connectivity index (χ1) is 15.3. The number of rotatable bonds is 10. The summed E-state index contributed by atoms with van der Waals surface area (Å²) >= 11 is 1.04. The van der Waals surface area contributed by atoms with Gasteiger partial charge in [0.2, 0.25) is 0 Å². The minimum atomic E-state index is -3.59. The smallest absolute Gasteiger partial charge is 0.311 e. The van der Waals surface area contributed by atoms with E-state index in [4.69, 9.17) is 9.47 Å². The van der Waals surface area contributed by atoms with E-state index in [1.807, 2.05) is 37.3 Å². The second-order valence-electron chi connectivity index (χ2n) is 7.57. The second kappa shape index (κ2) is 11.6. The summed E-state index contributed by atoms with van der Waals surface area (Å²) < 4.78 is 37.1. The number of morpholine rings is 1. The van der Waals surface area contributed by atoms with Crippen LogP contribution in [0.5, 0.6) is 0 Å². The highest BCUT2D eigenvalue weighted by molar-refractivity contribution is 7.91. The molecule has 1 aliphatic rings. The lowest BCUT2D eigenvalue weighted by Gasteiger charge is -2.25. The minimum Gasteiger partial charge on any atom is -0.455 e. The molecule has 1 atom stereocenters. The fraction of sp³-hybridized carbons (Fsp3) is 0.455. The first-order valence-corrected chi connectivity index (χ1v) is 12.8. The van der Waals surface area contributed by atoms with Crippen molar-refractivity contribution in [3.05, 3.63) is 52.9 Å². The maximum Gasteiger partial charge on any atom is 0.311 e. The fourth-order valence-electron chi connectivity index (χ4n) is 3.26. The van der Waals surface area contributed by atoms with Gasteiger partial charge in [-0.15, -0.1) is 11.3 Å². The molecule has 174 valence electrons. The Balaban J connectivity index is 1.40. The Bertz CT molecular complexity index is 1000. The SMILES string of the molecule is CC(CCc1ccccc1)NC(=O)COC(=O)Cc1ccc(S(=O)(=O)N2CCOCC2)s1. The molecule has 1 saturated heterocycles. The molecule has 10 heteroatoms. The van der Waals surface area contributed by atoms with Crippen molar-refractivity contribution in [2.24, 2.45) is 0 Å². The lowest BCUT2D eigenvalue weighted by Crippen LogP contribution is -2.40. The fourth-order valence-corrected chi connectivity index (χ4v) is 6.17. The Kier molecular flexibility index (Phi) is 8.80. The third-order valence-corrected chi connectivity index (χ3v) is 8.45. The van der Waals surface area contributed by atoms with E-state index in [1.165, 1.54) is 15.9 Å². The molecule has 1 aliphatic heterocycles. The topological polar surface area (TPSA) is 102 Å². The van der Waals surface area contributed by atoms with Crippen molar-refractivity contribution < 1.29 is 27.5 Å². The number of ether oxygens (including phenoxy) is 2. The first-order valence-electron chi connectivity index (χ1n) is 10.5. The van der Waals surface area contributed by atoms with Crippen molar-refractivity contribution in [1.82, 2.24) is 9.62 Å². The van der Waals surface area contributed by atoms with Crippen LogP contribution in [0.1, 0.15) is 23.8 Å². The number of benzene rings is 1. The molecule has 32 heavy (non-hydrogen) atoms. The highest BCUT2D eigenvalue weighted by atomic mass is 32.2. The molecule has 3 rings (SSSR count). The lowest BCUT2D eigenvalue weighted by atomic mass is 10.1. The van der Waals surface area contributed by atoms with Crippen LogP contribution in [-0.4, -0.2) is 63.6 Å². The van der Waals surface area contributed by atoms with Crippen LogP contribution in [0.4, 0.5) is 0 Å². The normalized spacial score (nSPS) is 15.8. The Morgan fingerprint density at radius 2 is 1.88 bits per heavy atom. The number of carbonyl (C=O) groups is 2. The van der Waals surface area contributed by atoms with Gasteiger partial charge in [-0.1, -0.05) is 30.3 Å². The number of thiophene rings is 1. The first kappa shape index (κ1) is 24.4. The number of aryl methyl sites for hydroxylation is 1. The number of nitrogens with one attached hydrogen (secondary N) is 1. The van der Waals surface area contributed by atoms with E-state index < -0.39 is 16.0 Å². The molecule has 2 aromatic rings. The zero-order chi connectivity index (χ0) is 23.0. The van der Waals surface area contributed by atoms with E-state index in [1.54, 1.807) is 6.07 Å². The Morgan fingerprint density at radius 3 is 2.59 bits per heavy atom. The minimum absolute atomic E-state index is 0.0494. The zero-order valence-corrected chi connectivity index (χ0v) is 19.6. The molecule has 0 radical (unpaired) electrons. The predicted molar refractivity (Wildman–Crippen MR) is 121 cm³/mol. The van der Waals surface area contributed by atoms with Gasteiger partial charge in [-0.3, -0.25) is 9.59 Å². The van der Waals surface area contributed by atoms with Crippen LogP contribution in [0.25, 0.3) is 0 Å². The van der Waals surface area contributed by atoms with E-state index >= 15 is 0 Å². The van der Waals surface area contributed by atoms with Gasteiger partial charge in [-0.25, -0.2) is 8.42 Å².